The summed E-state index contributed by atoms with van der Waals surface area (Å²) in [5.41, 5.74) is -3.35. The molecule has 1 aliphatic heterocycles. The smallest absolute Gasteiger partial charge is 0.330 e. The molecule has 100 valence electrons. The van der Waals surface area contributed by atoms with E-state index in [1.807, 2.05) is 0 Å². The van der Waals surface area contributed by atoms with Gasteiger partial charge in [-0.15, -0.1) is 0 Å². The molecule has 2 heterocycles. The first kappa shape index (κ1) is 8.59. The molecule has 2 rings (SSSR count). The minimum absolute atomic E-state index is 0.423. The maximum Gasteiger partial charge on any atom is 0.330 e. The van der Waals surface area contributed by atoms with Gasteiger partial charge in [0.15, 0.2) is 6.23 Å². The van der Waals surface area contributed by atoms with Crippen LogP contribution >= 0.6 is 0 Å². The van der Waals surface area contributed by atoms with E-state index in [2.05, 4.69) is 0 Å². The number of nitrogens with one attached hydrogen (secondary N) is 1. The fourth-order valence-corrected chi connectivity index (χ4v) is 1.71. The van der Waals surface area contributed by atoms with Crippen molar-refractivity contribution >= 4 is 0 Å². The van der Waals surface area contributed by atoms with Gasteiger partial charge in [-0.1, -0.05) is 0 Å². The average Bonchev–Trinajstić information content (AvgIpc) is 2.64. The second kappa shape index (κ2) is 4.65. The first-order valence-electron chi connectivity index (χ1n) is 7.08. The summed E-state index contributed by atoms with van der Waals surface area (Å²) in [6, 6.07) is 0. The molecule has 0 saturated carbocycles. The molecule has 0 spiro atoms. The van der Waals surface area contributed by atoms with Crippen LogP contribution in [0.4, 0.5) is 0 Å². The third-order valence-electron chi connectivity index (χ3n) is 2.67. The van der Waals surface area contributed by atoms with Gasteiger partial charge in [0.1, 0.15) is 18.3 Å². The van der Waals surface area contributed by atoms with Gasteiger partial charge in [-0.3, -0.25) is 14.3 Å². The number of aliphatic hydroxyl groups is 3. The standard InChI is InChI=1S/C10H14N2O6/c1-4-2-12(10(17)11-8(4)16)9-7(15)6(14)5(3-13)18-9/h2,5-7,9,13-15H,3H2,1H3,(H,11,16,17)/i1D3,2D. The van der Waals surface area contributed by atoms with E-state index in [9.17, 15) is 19.8 Å². The molecule has 0 amide bonds. The monoisotopic (exact) mass is 262 g/mol. The van der Waals surface area contributed by atoms with Crippen molar-refractivity contribution in [3.8, 4) is 0 Å². The van der Waals surface area contributed by atoms with Crippen LogP contribution in [0, 0.1) is 6.85 Å². The van der Waals surface area contributed by atoms with E-state index in [0.29, 0.717) is 4.57 Å². The normalized spacial score (nSPS) is 35.7. The Morgan fingerprint density at radius 3 is 2.83 bits per heavy atom. The van der Waals surface area contributed by atoms with Crippen molar-refractivity contribution in [1.29, 1.82) is 0 Å². The highest BCUT2D eigenvalue weighted by Gasteiger charge is 2.43. The lowest BCUT2D eigenvalue weighted by Crippen LogP contribution is -2.38. The molecule has 0 radical (unpaired) electrons. The van der Waals surface area contributed by atoms with E-state index >= 15 is 0 Å². The molecule has 4 N–H and O–H groups in total. The van der Waals surface area contributed by atoms with Crippen LogP contribution in [-0.2, 0) is 4.74 Å². The van der Waals surface area contributed by atoms with Gasteiger partial charge in [0, 0.05) is 15.8 Å². The second-order valence-corrected chi connectivity index (χ2v) is 3.84. The number of nitrogens with zero attached hydrogens (tertiary/aromatic N) is 1. The maximum atomic E-state index is 11.8. The van der Waals surface area contributed by atoms with E-state index in [1.165, 1.54) is 0 Å². The lowest BCUT2D eigenvalue weighted by atomic mass is 10.1. The minimum Gasteiger partial charge on any atom is -0.394 e. The van der Waals surface area contributed by atoms with Crippen LogP contribution in [0.5, 0.6) is 0 Å². The lowest BCUT2D eigenvalue weighted by Gasteiger charge is -2.17. The summed E-state index contributed by atoms with van der Waals surface area (Å²) in [4.78, 5) is 25.2. The largest absolute Gasteiger partial charge is 0.394 e. The molecule has 0 aliphatic carbocycles. The number of hydrogen-bond donors (Lipinski definition) is 4. The summed E-state index contributed by atoms with van der Waals surface area (Å²) in [6.07, 6.45) is -7.00. The highest BCUT2D eigenvalue weighted by Crippen LogP contribution is 2.27. The third-order valence-corrected chi connectivity index (χ3v) is 2.67. The minimum atomic E-state index is -2.96. The van der Waals surface area contributed by atoms with Crippen LogP contribution in [0.1, 0.15) is 17.3 Å². The molecule has 1 aromatic rings. The molecule has 1 aliphatic rings. The first-order chi connectivity index (χ1) is 10.1. The Bertz CT molecular complexity index is 683. The van der Waals surface area contributed by atoms with E-state index < -0.39 is 61.0 Å². The number of hydrogen-bond acceptors (Lipinski definition) is 6. The van der Waals surface area contributed by atoms with Gasteiger partial charge in [-0.2, -0.15) is 0 Å². The summed E-state index contributed by atoms with van der Waals surface area (Å²) in [6.45, 7) is -3.62. The SMILES string of the molecule is [2H]c1c(C([2H])([2H])[2H])c(=O)[nH]c(=O)n1C1OC(CO)C(O)C1O. The molecule has 1 aromatic heterocycles. The van der Waals surface area contributed by atoms with Gasteiger partial charge >= 0.3 is 5.69 Å². The van der Waals surface area contributed by atoms with Crippen molar-refractivity contribution in [3.63, 3.8) is 0 Å². The molecular formula is C10H14N2O6. The number of H-pyrrole nitrogens is 1. The van der Waals surface area contributed by atoms with Gasteiger partial charge in [0.25, 0.3) is 5.56 Å². The Morgan fingerprint density at radius 2 is 2.28 bits per heavy atom. The molecular weight excluding hydrogens is 244 g/mol. The molecule has 4 atom stereocenters. The summed E-state index contributed by atoms with van der Waals surface area (Å²) in [5.74, 6) is 0. The molecule has 8 nitrogen and oxygen atoms in total. The fourth-order valence-electron chi connectivity index (χ4n) is 1.71. The number of aliphatic hydroxyl groups excluding tert-OH is 3. The van der Waals surface area contributed by atoms with E-state index in [0.717, 1.165) is 0 Å². The van der Waals surface area contributed by atoms with Crippen LogP contribution in [0.3, 0.4) is 0 Å². The lowest BCUT2D eigenvalue weighted by molar-refractivity contribution is -0.0551. The van der Waals surface area contributed by atoms with Gasteiger partial charge < -0.3 is 20.1 Å². The van der Waals surface area contributed by atoms with Crippen molar-refractivity contribution in [2.24, 2.45) is 0 Å². The van der Waals surface area contributed by atoms with Gasteiger partial charge in [0.05, 0.1) is 7.98 Å². The molecule has 1 fully saturated rings. The topological polar surface area (TPSA) is 125 Å². The second-order valence-electron chi connectivity index (χ2n) is 3.84. The average molecular weight is 262 g/mol. The summed E-state index contributed by atoms with van der Waals surface area (Å²) >= 11 is 0. The third kappa shape index (κ3) is 1.99. The Hall–Kier alpha value is -1.48. The van der Waals surface area contributed by atoms with Gasteiger partial charge in [0.2, 0.25) is 0 Å². The van der Waals surface area contributed by atoms with Crippen molar-refractivity contribution in [2.45, 2.75) is 31.4 Å². The van der Waals surface area contributed by atoms with Crippen LogP contribution in [0.2, 0.25) is 0 Å². The summed E-state index contributed by atoms with van der Waals surface area (Å²) in [7, 11) is 0. The van der Waals surface area contributed by atoms with E-state index in [1.54, 1.807) is 4.98 Å². The van der Waals surface area contributed by atoms with E-state index in [4.69, 9.17) is 15.3 Å². The maximum absolute atomic E-state index is 11.8. The molecule has 0 aromatic carbocycles. The van der Waals surface area contributed by atoms with Crippen LogP contribution in [0.15, 0.2) is 15.8 Å². The van der Waals surface area contributed by atoms with Crippen molar-refractivity contribution in [3.05, 3.63) is 32.6 Å². The van der Waals surface area contributed by atoms with Crippen molar-refractivity contribution < 1.29 is 25.5 Å². The van der Waals surface area contributed by atoms with Gasteiger partial charge in [-0.25, -0.2) is 4.79 Å². The zero-order chi connectivity index (χ0) is 16.8. The zero-order valence-electron chi connectivity index (χ0n) is 13.0. The molecule has 4 unspecified atom stereocenters. The van der Waals surface area contributed by atoms with Crippen molar-refractivity contribution in [1.82, 2.24) is 9.55 Å². The van der Waals surface area contributed by atoms with Crippen LogP contribution in [0.25, 0.3) is 0 Å². The molecule has 8 heteroatoms. The Kier molecular flexibility index (Phi) is 2.22. The number of aromatic nitrogens is 2. The zero-order valence-corrected chi connectivity index (χ0v) is 9.03. The predicted octanol–water partition coefficient (Wildman–Crippen LogP) is -2.54. The Balaban J connectivity index is 2.63. The van der Waals surface area contributed by atoms with Crippen LogP contribution < -0.4 is 11.2 Å². The highest BCUT2D eigenvalue weighted by molar-refractivity contribution is 5.03. The summed E-state index contributed by atoms with van der Waals surface area (Å²) in [5, 5.41) is 28.5. The predicted molar refractivity (Wildman–Crippen MR) is 59.1 cm³/mol. The Morgan fingerprint density at radius 1 is 1.56 bits per heavy atom. The number of ether oxygens (including phenoxy) is 1. The summed E-state index contributed by atoms with van der Waals surface area (Å²) < 4.78 is 35.0. The Labute approximate surface area is 107 Å². The molecule has 0 bridgehead atoms. The quantitative estimate of drug-likeness (QED) is 0.465. The number of aromatic amines is 1. The molecule has 18 heavy (non-hydrogen) atoms. The van der Waals surface area contributed by atoms with Crippen molar-refractivity contribution in [2.75, 3.05) is 6.61 Å². The molecule has 1 saturated heterocycles. The van der Waals surface area contributed by atoms with E-state index in [-0.39, 0.29) is 0 Å². The fraction of sp³-hybridized carbons (Fsp3) is 0.600. The van der Waals surface area contributed by atoms with Gasteiger partial charge in [-0.05, 0) is 6.85 Å². The number of rotatable bonds is 2. The highest BCUT2D eigenvalue weighted by atomic mass is 16.6. The van der Waals surface area contributed by atoms with Crippen LogP contribution in [-0.4, -0.2) is 49.8 Å². The first-order valence-corrected chi connectivity index (χ1v) is 5.08.